The van der Waals surface area contributed by atoms with Crippen LogP contribution in [0.25, 0.3) is 0 Å². The molecule has 102 valence electrons. The Labute approximate surface area is 116 Å². The van der Waals surface area contributed by atoms with Crippen molar-refractivity contribution in [1.29, 1.82) is 0 Å². The summed E-state index contributed by atoms with van der Waals surface area (Å²) in [5, 5.41) is 12.3. The van der Waals surface area contributed by atoms with Gasteiger partial charge in [0.2, 0.25) is 5.91 Å². The lowest BCUT2D eigenvalue weighted by molar-refractivity contribution is -0.117. The van der Waals surface area contributed by atoms with Crippen LogP contribution in [-0.4, -0.2) is 11.0 Å². The van der Waals surface area contributed by atoms with Gasteiger partial charge in [0.1, 0.15) is 11.6 Å². The van der Waals surface area contributed by atoms with Gasteiger partial charge in [0.15, 0.2) is 0 Å². The van der Waals surface area contributed by atoms with Crippen LogP contribution in [0.5, 0.6) is 5.75 Å². The molecule has 1 aliphatic carbocycles. The van der Waals surface area contributed by atoms with Crippen molar-refractivity contribution in [3.05, 3.63) is 59.9 Å². The van der Waals surface area contributed by atoms with Crippen molar-refractivity contribution >= 4 is 11.6 Å². The highest BCUT2D eigenvalue weighted by Gasteiger charge is 2.45. The minimum absolute atomic E-state index is 0.0314. The molecule has 4 heteroatoms. The summed E-state index contributed by atoms with van der Waals surface area (Å²) in [7, 11) is 0. The fraction of sp³-hybridized carbons (Fsp3) is 0.188. The van der Waals surface area contributed by atoms with Crippen molar-refractivity contribution in [3.63, 3.8) is 0 Å². The molecule has 0 saturated heterocycles. The van der Waals surface area contributed by atoms with Gasteiger partial charge in [0, 0.05) is 5.92 Å². The summed E-state index contributed by atoms with van der Waals surface area (Å²) >= 11 is 0. The molecule has 2 aromatic carbocycles. The molecule has 2 atom stereocenters. The standard InChI is InChI=1S/C16H14FNO2/c17-13-6-2-1-5-10(13)11-9-12(11)16(20)18-14-7-3-4-8-15(14)19/h1-8,11-12,19H,9H2,(H,18,20)/t11-,12-/m0/s1. The smallest absolute Gasteiger partial charge is 0.228 e. The Morgan fingerprint density at radius 1 is 1.15 bits per heavy atom. The second-order valence-corrected chi connectivity index (χ2v) is 4.98. The normalized spacial score (nSPS) is 20.4. The Morgan fingerprint density at radius 2 is 1.85 bits per heavy atom. The molecule has 2 aromatic rings. The van der Waals surface area contributed by atoms with E-state index in [1.54, 1.807) is 36.4 Å². The number of para-hydroxylation sites is 2. The monoisotopic (exact) mass is 271 g/mol. The van der Waals surface area contributed by atoms with Crippen molar-refractivity contribution in [2.45, 2.75) is 12.3 Å². The van der Waals surface area contributed by atoms with Crippen molar-refractivity contribution < 1.29 is 14.3 Å². The second-order valence-electron chi connectivity index (χ2n) is 4.98. The van der Waals surface area contributed by atoms with E-state index in [1.165, 1.54) is 12.1 Å². The van der Waals surface area contributed by atoms with Gasteiger partial charge in [-0.2, -0.15) is 0 Å². The van der Waals surface area contributed by atoms with Crippen LogP contribution in [0.15, 0.2) is 48.5 Å². The number of phenols is 1. The van der Waals surface area contributed by atoms with Crippen molar-refractivity contribution in [3.8, 4) is 5.75 Å². The van der Waals surface area contributed by atoms with Crippen LogP contribution in [0.4, 0.5) is 10.1 Å². The predicted molar refractivity (Wildman–Crippen MR) is 74.0 cm³/mol. The number of hydrogen-bond acceptors (Lipinski definition) is 2. The number of anilines is 1. The van der Waals surface area contributed by atoms with E-state index < -0.39 is 0 Å². The highest BCUT2D eigenvalue weighted by Crippen LogP contribution is 2.48. The molecule has 0 aromatic heterocycles. The maximum Gasteiger partial charge on any atom is 0.228 e. The lowest BCUT2D eigenvalue weighted by Gasteiger charge is -2.07. The number of nitrogens with one attached hydrogen (secondary N) is 1. The number of aromatic hydroxyl groups is 1. The van der Waals surface area contributed by atoms with Gasteiger partial charge in [-0.1, -0.05) is 30.3 Å². The van der Waals surface area contributed by atoms with Gasteiger partial charge in [-0.05, 0) is 36.1 Å². The van der Waals surface area contributed by atoms with Gasteiger partial charge < -0.3 is 10.4 Å². The molecule has 1 aliphatic rings. The number of phenolic OH excluding ortho intramolecular Hbond substituents is 1. The van der Waals surface area contributed by atoms with E-state index >= 15 is 0 Å². The number of hydrogen-bond donors (Lipinski definition) is 2. The first-order chi connectivity index (χ1) is 9.66. The highest BCUT2D eigenvalue weighted by atomic mass is 19.1. The summed E-state index contributed by atoms with van der Waals surface area (Å²) < 4.78 is 13.6. The summed E-state index contributed by atoms with van der Waals surface area (Å²) in [6.45, 7) is 0. The predicted octanol–water partition coefficient (Wildman–Crippen LogP) is 3.27. The first-order valence-corrected chi connectivity index (χ1v) is 6.50. The Balaban J connectivity index is 1.69. The maximum absolute atomic E-state index is 13.6. The SMILES string of the molecule is O=C(Nc1ccccc1O)[C@H]1C[C@H]1c1ccccc1F. The van der Waals surface area contributed by atoms with Gasteiger partial charge in [0.05, 0.1) is 5.69 Å². The lowest BCUT2D eigenvalue weighted by Crippen LogP contribution is -2.14. The van der Waals surface area contributed by atoms with Crippen LogP contribution >= 0.6 is 0 Å². The Morgan fingerprint density at radius 3 is 2.60 bits per heavy atom. The van der Waals surface area contributed by atoms with E-state index in [2.05, 4.69) is 5.32 Å². The summed E-state index contributed by atoms with van der Waals surface area (Å²) in [5.74, 6) is -0.715. The third kappa shape index (κ3) is 2.37. The molecular weight excluding hydrogens is 257 g/mol. The number of rotatable bonds is 3. The van der Waals surface area contributed by atoms with E-state index in [1.807, 2.05) is 0 Å². The first-order valence-electron chi connectivity index (χ1n) is 6.50. The fourth-order valence-corrected chi connectivity index (χ4v) is 2.41. The third-order valence-electron chi connectivity index (χ3n) is 3.59. The molecule has 3 nitrogen and oxygen atoms in total. The molecule has 1 fully saturated rings. The van der Waals surface area contributed by atoms with Crippen LogP contribution in [0.3, 0.4) is 0 Å². The second kappa shape index (κ2) is 4.96. The fourth-order valence-electron chi connectivity index (χ4n) is 2.41. The lowest BCUT2D eigenvalue weighted by atomic mass is 10.1. The van der Waals surface area contributed by atoms with Crippen molar-refractivity contribution in [2.24, 2.45) is 5.92 Å². The third-order valence-corrected chi connectivity index (χ3v) is 3.59. The first kappa shape index (κ1) is 12.7. The molecule has 0 unspecified atom stereocenters. The van der Waals surface area contributed by atoms with E-state index in [-0.39, 0.29) is 29.3 Å². The summed E-state index contributed by atoms with van der Waals surface area (Å²) in [4.78, 5) is 12.1. The van der Waals surface area contributed by atoms with Crippen molar-refractivity contribution in [1.82, 2.24) is 0 Å². The average Bonchev–Trinajstić information content (AvgIpc) is 3.22. The Bertz CT molecular complexity index is 656. The van der Waals surface area contributed by atoms with E-state index in [9.17, 15) is 14.3 Å². The molecule has 0 aliphatic heterocycles. The molecule has 0 heterocycles. The molecule has 0 bridgehead atoms. The Kier molecular flexibility index (Phi) is 3.14. The van der Waals surface area contributed by atoms with E-state index in [4.69, 9.17) is 0 Å². The van der Waals surface area contributed by atoms with Crippen LogP contribution in [0.2, 0.25) is 0 Å². The van der Waals surface area contributed by atoms with Crippen LogP contribution < -0.4 is 5.32 Å². The molecule has 0 spiro atoms. The van der Waals surface area contributed by atoms with Crippen LogP contribution in [-0.2, 0) is 4.79 Å². The molecule has 20 heavy (non-hydrogen) atoms. The van der Waals surface area contributed by atoms with Crippen LogP contribution in [0.1, 0.15) is 17.9 Å². The van der Waals surface area contributed by atoms with E-state index in [0.29, 0.717) is 17.7 Å². The molecule has 0 radical (unpaired) electrons. The maximum atomic E-state index is 13.6. The zero-order chi connectivity index (χ0) is 14.1. The molecule has 1 amide bonds. The number of halogens is 1. The van der Waals surface area contributed by atoms with Gasteiger partial charge in [-0.3, -0.25) is 4.79 Å². The number of benzene rings is 2. The minimum atomic E-state index is -0.268. The number of carbonyl (C=O) groups is 1. The molecule has 3 rings (SSSR count). The minimum Gasteiger partial charge on any atom is -0.506 e. The van der Waals surface area contributed by atoms with Crippen LogP contribution in [0, 0.1) is 11.7 Å². The summed E-state index contributed by atoms with van der Waals surface area (Å²) in [5.41, 5.74) is 0.974. The summed E-state index contributed by atoms with van der Waals surface area (Å²) in [6.07, 6.45) is 0.639. The average molecular weight is 271 g/mol. The zero-order valence-corrected chi connectivity index (χ0v) is 10.7. The summed E-state index contributed by atoms with van der Waals surface area (Å²) in [6, 6.07) is 13.1. The molecular formula is C16H14FNO2. The van der Waals surface area contributed by atoms with Gasteiger partial charge in [-0.25, -0.2) is 4.39 Å². The van der Waals surface area contributed by atoms with Gasteiger partial charge in [0.25, 0.3) is 0 Å². The highest BCUT2D eigenvalue weighted by molar-refractivity contribution is 5.96. The quantitative estimate of drug-likeness (QED) is 0.842. The van der Waals surface area contributed by atoms with Gasteiger partial charge in [-0.15, -0.1) is 0 Å². The number of amides is 1. The number of carbonyl (C=O) groups excluding carboxylic acids is 1. The van der Waals surface area contributed by atoms with Crippen molar-refractivity contribution in [2.75, 3.05) is 5.32 Å². The Hall–Kier alpha value is -2.36. The van der Waals surface area contributed by atoms with E-state index in [0.717, 1.165) is 0 Å². The molecule has 1 saturated carbocycles. The topological polar surface area (TPSA) is 49.3 Å². The largest absolute Gasteiger partial charge is 0.506 e. The molecule has 2 N–H and O–H groups in total. The van der Waals surface area contributed by atoms with Gasteiger partial charge >= 0.3 is 0 Å². The zero-order valence-electron chi connectivity index (χ0n) is 10.7.